The lowest BCUT2D eigenvalue weighted by Crippen LogP contribution is -2.31. The first-order valence-corrected chi connectivity index (χ1v) is 7.84. The van der Waals surface area contributed by atoms with Gasteiger partial charge in [0.2, 0.25) is 0 Å². The average molecular weight is 303 g/mol. The van der Waals surface area contributed by atoms with Crippen molar-refractivity contribution in [1.82, 2.24) is 15.1 Å². The minimum absolute atomic E-state index is 0.241. The molecule has 1 aliphatic rings. The normalized spacial score (nSPS) is 20.4. The van der Waals surface area contributed by atoms with Crippen molar-refractivity contribution in [2.75, 3.05) is 6.54 Å². The average Bonchev–Trinajstić information content (AvgIpc) is 3.10. The molecule has 2 heterocycles. The van der Waals surface area contributed by atoms with Crippen molar-refractivity contribution in [3.05, 3.63) is 41.8 Å². The standard InChI is InChI=1S/C17H22FN3O/c1-12(22)9-14-5-4-8-21(14)11-13-10-19-20-17(13)15-6-2-3-7-16(15)18/h2-3,6-7,10,12,14,22H,4-5,8-9,11H2,1H3,(H,19,20). The van der Waals surface area contributed by atoms with Crippen molar-refractivity contribution in [3.8, 4) is 11.3 Å². The molecule has 0 amide bonds. The number of halogens is 1. The van der Waals surface area contributed by atoms with Crippen LogP contribution >= 0.6 is 0 Å². The first-order valence-electron chi connectivity index (χ1n) is 7.84. The molecule has 0 radical (unpaired) electrons. The zero-order valence-corrected chi connectivity index (χ0v) is 12.8. The maximum absolute atomic E-state index is 14.0. The van der Waals surface area contributed by atoms with Gasteiger partial charge in [0.05, 0.1) is 18.0 Å². The third kappa shape index (κ3) is 3.20. The molecule has 1 saturated heterocycles. The third-order valence-electron chi connectivity index (χ3n) is 4.35. The van der Waals surface area contributed by atoms with E-state index >= 15 is 0 Å². The summed E-state index contributed by atoms with van der Waals surface area (Å²) in [6.45, 7) is 3.58. The van der Waals surface area contributed by atoms with Crippen molar-refractivity contribution in [2.24, 2.45) is 0 Å². The first kappa shape index (κ1) is 15.2. The van der Waals surface area contributed by atoms with Gasteiger partial charge in [0.15, 0.2) is 0 Å². The van der Waals surface area contributed by atoms with Crippen LogP contribution < -0.4 is 0 Å². The van der Waals surface area contributed by atoms with Gasteiger partial charge >= 0.3 is 0 Å². The molecule has 0 aliphatic carbocycles. The lowest BCUT2D eigenvalue weighted by atomic mass is 10.1. The largest absolute Gasteiger partial charge is 0.393 e. The SMILES string of the molecule is CC(O)CC1CCCN1Cc1cn[nH]c1-c1ccccc1F. The van der Waals surface area contributed by atoms with Gasteiger partial charge in [-0.2, -0.15) is 5.10 Å². The highest BCUT2D eigenvalue weighted by Gasteiger charge is 2.26. The fourth-order valence-electron chi connectivity index (χ4n) is 3.31. The molecular weight excluding hydrogens is 281 g/mol. The second kappa shape index (κ2) is 6.58. The predicted octanol–water partition coefficient (Wildman–Crippen LogP) is 2.95. The summed E-state index contributed by atoms with van der Waals surface area (Å²) in [5.74, 6) is -0.241. The van der Waals surface area contributed by atoms with E-state index in [-0.39, 0.29) is 11.9 Å². The van der Waals surface area contributed by atoms with Crippen LogP contribution in [0, 0.1) is 5.82 Å². The number of aliphatic hydroxyl groups excluding tert-OH is 1. The van der Waals surface area contributed by atoms with E-state index in [4.69, 9.17) is 0 Å². The number of hydrogen-bond donors (Lipinski definition) is 2. The first-order chi connectivity index (χ1) is 10.6. The molecule has 1 fully saturated rings. The summed E-state index contributed by atoms with van der Waals surface area (Å²) in [7, 11) is 0. The van der Waals surface area contributed by atoms with Crippen molar-refractivity contribution in [3.63, 3.8) is 0 Å². The smallest absolute Gasteiger partial charge is 0.132 e. The summed E-state index contributed by atoms with van der Waals surface area (Å²) < 4.78 is 14.0. The minimum Gasteiger partial charge on any atom is -0.393 e. The van der Waals surface area contributed by atoms with Gasteiger partial charge in [-0.15, -0.1) is 0 Å². The number of aliphatic hydroxyl groups is 1. The molecule has 1 aliphatic heterocycles. The van der Waals surface area contributed by atoms with E-state index in [0.717, 1.165) is 43.6 Å². The van der Waals surface area contributed by atoms with Crippen LogP contribution in [0.15, 0.2) is 30.5 Å². The molecule has 0 spiro atoms. The molecule has 22 heavy (non-hydrogen) atoms. The van der Waals surface area contributed by atoms with E-state index in [1.165, 1.54) is 6.07 Å². The maximum Gasteiger partial charge on any atom is 0.132 e. The topological polar surface area (TPSA) is 52.1 Å². The molecule has 4 nitrogen and oxygen atoms in total. The molecular formula is C17H22FN3O. The highest BCUT2D eigenvalue weighted by Crippen LogP contribution is 2.28. The lowest BCUT2D eigenvalue weighted by Gasteiger charge is -2.25. The van der Waals surface area contributed by atoms with Crippen LogP contribution in [0.3, 0.4) is 0 Å². The van der Waals surface area contributed by atoms with E-state index in [0.29, 0.717) is 11.6 Å². The number of likely N-dealkylation sites (tertiary alicyclic amines) is 1. The molecule has 2 N–H and O–H groups in total. The Labute approximate surface area is 130 Å². The molecule has 5 heteroatoms. The van der Waals surface area contributed by atoms with Crippen LogP contribution in [0.25, 0.3) is 11.3 Å². The fourth-order valence-corrected chi connectivity index (χ4v) is 3.31. The molecule has 1 aromatic carbocycles. The van der Waals surface area contributed by atoms with Gasteiger partial charge in [-0.3, -0.25) is 10.00 Å². The fraction of sp³-hybridized carbons (Fsp3) is 0.471. The Kier molecular flexibility index (Phi) is 4.55. The van der Waals surface area contributed by atoms with Crippen LogP contribution in [0.1, 0.15) is 31.7 Å². The number of benzene rings is 1. The van der Waals surface area contributed by atoms with Gasteiger partial charge in [0.25, 0.3) is 0 Å². The molecule has 0 bridgehead atoms. The van der Waals surface area contributed by atoms with Crippen LogP contribution in [0.5, 0.6) is 0 Å². The van der Waals surface area contributed by atoms with Gasteiger partial charge in [-0.05, 0) is 44.9 Å². The van der Waals surface area contributed by atoms with E-state index in [2.05, 4.69) is 15.1 Å². The van der Waals surface area contributed by atoms with Crippen molar-refractivity contribution < 1.29 is 9.50 Å². The van der Waals surface area contributed by atoms with E-state index in [9.17, 15) is 9.50 Å². The van der Waals surface area contributed by atoms with E-state index < -0.39 is 0 Å². The lowest BCUT2D eigenvalue weighted by molar-refractivity contribution is 0.131. The number of hydrogen-bond acceptors (Lipinski definition) is 3. The summed E-state index contributed by atoms with van der Waals surface area (Å²) in [5.41, 5.74) is 2.31. The van der Waals surface area contributed by atoms with E-state index in [1.54, 1.807) is 18.3 Å². The maximum atomic E-state index is 14.0. The Hall–Kier alpha value is -1.72. The van der Waals surface area contributed by atoms with E-state index in [1.807, 2.05) is 13.0 Å². The van der Waals surface area contributed by atoms with Crippen molar-refractivity contribution in [2.45, 2.75) is 44.9 Å². The molecule has 0 saturated carbocycles. The van der Waals surface area contributed by atoms with Crippen LogP contribution in [-0.2, 0) is 6.54 Å². The third-order valence-corrected chi connectivity index (χ3v) is 4.35. The molecule has 3 rings (SSSR count). The van der Waals surface area contributed by atoms with Crippen LogP contribution in [0.2, 0.25) is 0 Å². The highest BCUT2D eigenvalue weighted by molar-refractivity contribution is 5.63. The second-order valence-electron chi connectivity index (χ2n) is 6.10. The highest BCUT2D eigenvalue weighted by atomic mass is 19.1. The molecule has 2 aromatic rings. The van der Waals surface area contributed by atoms with Gasteiger partial charge in [-0.1, -0.05) is 12.1 Å². The number of nitrogens with one attached hydrogen (secondary N) is 1. The number of H-pyrrole nitrogens is 1. The Bertz CT molecular complexity index is 626. The number of aromatic amines is 1. The summed E-state index contributed by atoms with van der Waals surface area (Å²) >= 11 is 0. The zero-order valence-electron chi connectivity index (χ0n) is 12.8. The number of rotatable bonds is 5. The van der Waals surface area contributed by atoms with Gasteiger partial charge in [-0.25, -0.2) is 4.39 Å². The van der Waals surface area contributed by atoms with Crippen LogP contribution in [0.4, 0.5) is 4.39 Å². The Morgan fingerprint density at radius 1 is 1.45 bits per heavy atom. The molecule has 1 aromatic heterocycles. The minimum atomic E-state index is -0.291. The second-order valence-corrected chi connectivity index (χ2v) is 6.10. The Balaban J connectivity index is 1.80. The summed E-state index contributed by atoms with van der Waals surface area (Å²) in [6, 6.07) is 7.14. The van der Waals surface area contributed by atoms with Crippen molar-refractivity contribution >= 4 is 0 Å². The molecule has 2 unspecified atom stereocenters. The zero-order chi connectivity index (χ0) is 15.5. The Morgan fingerprint density at radius 2 is 2.27 bits per heavy atom. The molecule has 2 atom stereocenters. The number of nitrogens with zero attached hydrogens (tertiary/aromatic N) is 2. The summed E-state index contributed by atoms with van der Waals surface area (Å²) in [4.78, 5) is 2.36. The van der Waals surface area contributed by atoms with Gasteiger partial charge < -0.3 is 5.11 Å². The van der Waals surface area contributed by atoms with Gasteiger partial charge in [0, 0.05) is 23.7 Å². The Morgan fingerprint density at radius 3 is 3.05 bits per heavy atom. The quantitative estimate of drug-likeness (QED) is 0.893. The molecule has 118 valence electrons. The van der Waals surface area contributed by atoms with Crippen LogP contribution in [-0.4, -0.2) is 38.9 Å². The van der Waals surface area contributed by atoms with Gasteiger partial charge in [0.1, 0.15) is 5.82 Å². The number of aromatic nitrogens is 2. The van der Waals surface area contributed by atoms with Crippen molar-refractivity contribution in [1.29, 1.82) is 0 Å². The predicted molar refractivity (Wildman–Crippen MR) is 83.7 cm³/mol. The summed E-state index contributed by atoms with van der Waals surface area (Å²) in [5, 5.41) is 16.7. The summed E-state index contributed by atoms with van der Waals surface area (Å²) in [6.07, 6.45) is 4.52. The monoisotopic (exact) mass is 303 g/mol.